The summed E-state index contributed by atoms with van der Waals surface area (Å²) >= 11 is 3.48. The molecule has 4 heteroatoms. The molecule has 1 atom stereocenters. The molecule has 0 aliphatic carbocycles. The summed E-state index contributed by atoms with van der Waals surface area (Å²) in [7, 11) is 1.89. The Kier molecular flexibility index (Phi) is 3.12. The topological polar surface area (TPSA) is 43.8 Å². The number of rotatable bonds is 2. The molecule has 84 valence electrons. The first-order valence-corrected chi connectivity index (χ1v) is 5.87. The van der Waals surface area contributed by atoms with Crippen molar-refractivity contribution in [2.75, 3.05) is 0 Å². The minimum atomic E-state index is -0.120. The Bertz CT molecular complexity index is 484. The van der Waals surface area contributed by atoms with E-state index < -0.39 is 0 Å². The Hall–Kier alpha value is -1.13. The van der Waals surface area contributed by atoms with Crippen molar-refractivity contribution >= 4 is 15.9 Å². The van der Waals surface area contributed by atoms with Crippen molar-refractivity contribution in [3.05, 3.63) is 51.8 Å². The van der Waals surface area contributed by atoms with Crippen molar-refractivity contribution in [3.63, 3.8) is 0 Å². The van der Waals surface area contributed by atoms with E-state index in [9.17, 15) is 0 Å². The molecular weight excluding hydrogens is 266 g/mol. The maximum atomic E-state index is 6.19. The number of aryl methyl sites for hydroxylation is 2. The zero-order valence-electron chi connectivity index (χ0n) is 9.31. The number of aromatic nitrogens is 2. The zero-order chi connectivity index (χ0) is 11.7. The molecule has 0 aliphatic rings. The van der Waals surface area contributed by atoms with Crippen LogP contribution in [0.5, 0.6) is 0 Å². The second kappa shape index (κ2) is 4.39. The first-order chi connectivity index (χ1) is 7.56. The zero-order valence-corrected chi connectivity index (χ0v) is 10.9. The largest absolute Gasteiger partial charge is 0.320 e. The van der Waals surface area contributed by atoms with Crippen LogP contribution in [0.2, 0.25) is 0 Å². The second-order valence-corrected chi connectivity index (χ2v) is 4.90. The van der Waals surface area contributed by atoms with Crippen molar-refractivity contribution < 1.29 is 0 Å². The number of nitrogens with two attached hydrogens (primary N) is 1. The van der Waals surface area contributed by atoms with Crippen molar-refractivity contribution in [3.8, 4) is 0 Å². The Labute approximate surface area is 103 Å². The van der Waals surface area contributed by atoms with Crippen molar-refractivity contribution in [1.29, 1.82) is 0 Å². The Balaban J connectivity index is 2.37. The molecule has 0 amide bonds. The van der Waals surface area contributed by atoms with Gasteiger partial charge in [-0.25, -0.2) is 0 Å². The molecule has 0 spiro atoms. The smallest absolute Gasteiger partial charge is 0.0583 e. The van der Waals surface area contributed by atoms with E-state index in [1.54, 1.807) is 10.9 Å². The molecule has 3 nitrogen and oxygen atoms in total. The molecule has 0 saturated carbocycles. The van der Waals surface area contributed by atoms with Crippen molar-refractivity contribution in [2.45, 2.75) is 13.0 Å². The summed E-state index contributed by atoms with van der Waals surface area (Å²) in [5.41, 5.74) is 9.52. The SMILES string of the molecule is Cc1cc(Br)cc(C(N)c2cnn(C)c2)c1. The molecule has 1 unspecified atom stereocenters. The summed E-state index contributed by atoms with van der Waals surface area (Å²) in [6.45, 7) is 2.06. The van der Waals surface area contributed by atoms with Gasteiger partial charge in [-0.05, 0) is 30.2 Å². The maximum Gasteiger partial charge on any atom is 0.0583 e. The van der Waals surface area contributed by atoms with E-state index in [2.05, 4.69) is 40.1 Å². The van der Waals surface area contributed by atoms with Gasteiger partial charge in [-0.3, -0.25) is 4.68 Å². The van der Waals surface area contributed by atoms with Crippen LogP contribution in [0.25, 0.3) is 0 Å². The molecule has 16 heavy (non-hydrogen) atoms. The van der Waals surface area contributed by atoms with Crippen LogP contribution < -0.4 is 5.73 Å². The molecule has 0 bridgehead atoms. The number of halogens is 1. The van der Waals surface area contributed by atoms with Gasteiger partial charge in [0, 0.05) is 23.3 Å². The van der Waals surface area contributed by atoms with Gasteiger partial charge in [-0.2, -0.15) is 5.10 Å². The summed E-state index contributed by atoms with van der Waals surface area (Å²) in [5.74, 6) is 0. The van der Waals surface area contributed by atoms with E-state index >= 15 is 0 Å². The molecule has 1 aromatic heterocycles. The average Bonchev–Trinajstić information content (AvgIpc) is 2.62. The second-order valence-electron chi connectivity index (χ2n) is 3.99. The van der Waals surface area contributed by atoms with Gasteiger partial charge in [-0.15, -0.1) is 0 Å². The fourth-order valence-electron chi connectivity index (χ4n) is 1.74. The summed E-state index contributed by atoms with van der Waals surface area (Å²) in [4.78, 5) is 0. The number of hydrogen-bond acceptors (Lipinski definition) is 2. The minimum absolute atomic E-state index is 0.120. The summed E-state index contributed by atoms with van der Waals surface area (Å²) < 4.78 is 2.82. The third kappa shape index (κ3) is 2.33. The molecule has 0 fully saturated rings. The molecule has 2 aromatic rings. The van der Waals surface area contributed by atoms with Crippen LogP contribution in [0.1, 0.15) is 22.7 Å². The van der Waals surface area contributed by atoms with E-state index in [0.29, 0.717) is 0 Å². The van der Waals surface area contributed by atoms with E-state index in [4.69, 9.17) is 5.73 Å². The first kappa shape index (κ1) is 11.4. The fourth-order valence-corrected chi connectivity index (χ4v) is 2.36. The van der Waals surface area contributed by atoms with E-state index in [1.807, 2.05) is 19.3 Å². The molecule has 2 rings (SSSR count). The van der Waals surface area contributed by atoms with Crippen molar-refractivity contribution in [2.24, 2.45) is 12.8 Å². The van der Waals surface area contributed by atoms with Crippen LogP contribution in [0.15, 0.2) is 35.1 Å². The quantitative estimate of drug-likeness (QED) is 0.918. The van der Waals surface area contributed by atoms with Gasteiger partial charge in [-0.1, -0.05) is 22.0 Å². The average molecular weight is 280 g/mol. The fraction of sp³-hybridized carbons (Fsp3) is 0.250. The Morgan fingerprint density at radius 1 is 1.31 bits per heavy atom. The van der Waals surface area contributed by atoms with Gasteiger partial charge >= 0.3 is 0 Å². The minimum Gasteiger partial charge on any atom is -0.320 e. The van der Waals surface area contributed by atoms with Crippen LogP contribution in [0, 0.1) is 6.92 Å². The standard InChI is InChI=1S/C12H14BrN3/c1-8-3-9(5-11(13)4-8)12(14)10-6-15-16(2)7-10/h3-7,12H,14H2,1-2H3. The maximum absolute atomic E-state index is 6.19. The number of hydrogen-bond donors (Lipinski definition) is 1. The third-order valence-corrected chi connectivity index (χ3v) is 2.97. The molecule has 0 saturated heterocycles. The van der Waals surface area contributed by atoms with Gasteiger partial charge in [0.15, 0.2) is 0 Å². The lowest BCUT2D eigenvalue weighted by atomic mass is 10.0. The predicted octanol–water partition coefficient (Wildman–Crippen LogP) is 2.54. The summed E-state index contributed by atoms with van der Waals surface area (Å²) in [5, 5.41) is 4.13. The molecule has 1 heterocycles. The molecule has 0 aliphatic heterocycles. The highest BCUT2D eigenvalue weighted by Gasteiger charge is 2.11. The van der Waals surface area contributed by atoms with Crippen LogP contribution in [-0.4, -0.2) is 9.78 Å². The number of benzene rings is 1. The van der Waals surface area contributed by atoms with Crippen LogP contribution >= 0.6 is 15.9 Å². The normalized spacial score (nSPS) is 12.8. The first-order valence-electron chi connectivity index (χ1n) is 5.07. The highest BCUT2D eigenvalue weighted by molar-refractivity contribution is 9.10. The van der Waals surface area contributed by atoms with Gasteiger partial charge in [0.2, 0.25) is 0 Å². The lowest BCUT2D eigenvalue weighted by Crippen LogP contribution is -2.11. The molecular formula is C12H14BrN3. The predicted molar refractivity (Wildman–Crippen MR) is 68.1 cm³/mol. The number of nitrogens with zero attached hydrogens (tertiary/aromatic N) is 2. The lowest BCUT2D eigenvalue weighted by molar-refractivity contribution is 0.765. The van der Waals surface area contributed by atoms with Gasteiger partial charge in [0.05, 0.1) is 12.2 Å². The lowest BCUT2D eigenvalue weighted by Gasteiger charge is -2.11. The van der Waals surface area contributed by atoms with Gasteiger partial charge < -0.3 is 5.73 Å². The van der Waals surface area contributed by atoms with Crippen LogP contribution in [-0.2, 0) is 7.05 Å². The Morgan fingerprint density at radius 3 is 2.62 bits per heavy atom. The molecule has 0 radical (unpaired) electrons. The monoisotopic (exact) mass is 279 g/mol. The summed E-state index contributed by atoms with van der Waals surface area (Å²) in [6, 6.07) is 6.09. The van der Waals surface area contributed by atoms with Crippen LogP contribution in [0.3, 0.4) is 0 Å². The summed E-state index contributed by atoms with van der Waals surface area (Å²) in [6.07, 6.45) is 3.75. The highest BCUT2D eigenvalue weighted by Crippen LogP contribution is 2.23. The van der Waals surface area contributed by atoms with E-state index in [-0.39, 0.29) is 6.04 Å². The van der Waals surface area contributed by atoms with Gasteiger partial charge in [0.25, 0.3) is 0 Å². The Morgan fingerprint density at radius 2 is 2.06 bits per heavy atom. The molecule has 1 aromatic carbocycles. The van der Waals surface area contributed by atoms with Crippen molar-refractivity contribution in [1.82, 2.24) is 9.78 Å². The van der Waals surface area contributed by atoms with E-state index in [1.165, 1.54) is 5.56 Å². The highest BCUT2D eigenvalue weighted by atomic mass is 79.9. The van der Waals surface area contributed by atoms with Crippen LogP contribution in [0.4, 0.5) is 0 Å². The third-order valence-electron chi connectivity index (χ3n) is 2.51. The van der Waals surface area contributed by atoms with E-state index in [0.717, 1.165) is 15.6 Å². The van der Waals surface area contributed by atoms with Gasteiger partial charge in [0.1, 0.15) is 0 Å². The molecule has 2 N–H and O–H groups in total.